The highest BCUT2D eigenvalue weighted by Crippen LogP contribution is 2.18. The van der Waals surface area contributed by atoms with Gasteiger partial charge in [0.25, 0.3) is 5.91 Å². The molecule has 0 spiro atoms. The van der Waals surface area contributed by atoms with Gasteiger partial charge in [-0.3, -0.25) is 4.79 Å². The zero-order chi connectivity index (χ0) is 17.2. The van der Waals surface area contributed by atoms with Gasteiger partial charge >= 0.3 is 0 Å². The molecule has 0 aliphatic carbocycles. The molecule has 1 saturated heterocycles. The van der Waals surface area contributed by atoms with Gasteiger partial charge in [-0.05, 0) is 12.1 Å². The maximum Gasteiger partial charge on any atom is 0.275 e. The number of quaternary nitrogens is 1. The molecule has 1 fully saturated rings. The summed E-state index contributed by atoms with van der Waals surface area (Å²) in [5, 5.41) is 2.32. The Morgan fingerprint density at radius 3 is 2.70 bits per heavy atom. The number of carbonyl (C=O) groups is 1. The molecule has 3 atom stereocenters. The summed E-state index contributed by atoms with van der Waals surface area (Å²) in [5.74, 6) is -1.03. The lowest BCUT2D eigenvalue weighted by molar-refractivity contribution is -0.885. The van der Waals surface area contributed by atoms with Crippen LogP contribution in [0.5, 0.6) is 0 Å². The first-order valence-electron chi connectivity index (χ1n) is 7.06. The van der Waals surface area contributed by atoms with Gasteiger partial charge in [0, 0.05) is 0 Å². The number of carbonyl (C=O) groups excluding carboxylic acids is 1. The number of halogens is 3. The number of nitrogens with one attached hydrogen (secondary N) is 2. The van der Waals surface area contributed by atoms with Crippen LogP contribution in [0.15, 0.2) is 18.2 Å². The predicted molar refractivity (Wildman–Crippen MR) is 87.1 cm³/mol. The molecule has 1 aromatic carbocycles. The van der Waals surface area contributed by atoms with Gasteiger partial charge in [-0.2, -0.15) is 0 Å². The van der Waals surface area contributed by atoms with Crippen molar-refractivity contribution in [3.8, 4) is 0 Å². The Kier molecular flexibility index (Phi) is 5.89. The molecule has 1 heterocycles. The average molecular weight is 384 g/mol. The lowest BCUT2D eigenvalue weighted by Crippen LogP contribution is -3.09. The van der Waals surface area contributed by atoms with Gasteiger partial charge in [-0.1, -0.05) is 17.7 Å². The number of hydrogen-bond acceptors (Lipinski definition) is 3. The SMILES string of the molecule is C[NH+](CC(=O)N[C@H]1CS(=O)(=O)C[C@@H]1Cl)Cc1c(F)cccc1Cl. The third kappa shape index (κ3) is 5.04. The molecule has 1 aromatic rings. The predicted octanol–water partition coefficient (Wildman–Crippen LogP) is 0.0144. The van der Waals surface area contributed by atoms with E-state index in [1.165, 1.54) is 12.1 Å². The van der Waals surface area contributed by atoms with Crippen LogP contribution in [-0.4, -0.2) is 50.8 Å². The van der Waals surface area contributed by atoms with Gasteiger partial charge in [0.1, 0.15) is 12.4 Å². The first-order chi connectivity index (χ1) is 10.7. The molecular formula is C14H18Cl2FN2O3S+. The second kappa shape index (κ2) is 7.34. The van der Waals surface area contributed by atoms with Gasteiger partial charge < -0.3 is 10.2 Å². The smallest absolute Gasteiger partial charge is 0.275 e. The second-order valence-corrected chi connectivity index (χ2v) is 8.90. The zero-order valence-electron chi connectivity index (χ0n) is 12.5. The van der Waals surface area contributed by atoms with Crippen LogP contribution in [0.4, 0.5) is 4.39 Å². The van der Waals surface area contributed by atoms with Crippen molar-refractivity contribution in [3.05, 3.63) is 34.6 Å². The fraction of sp³-hybridized carbons (Fsp3) is 0.500. The van der Waals surface area contributed by atoms with Gasteiger partial charge in [-0.25, -0.2) is 12.8 Å². The van der Waals surface area contributed by atoms with Crippen LogP contribution < -0.4 is 10.2 Å². The van der Waals surface area contributed by atoms with Crippen molar-refractivity contribution in [2.24, 2.45) is 0 Å². The summed E-state index contributed by atoms with van der Waals surface area (Å²) in [7, 11) is -1.47. The van der Waals surface area contributed by atoms with Gasteiger partial charge in [0.2, 0.25) is 0 Å². The molecule has 0 aromatic heterocycles. The standard InChI is InChI=1S/C14H17Cl2FN2O3S/c1-19(5-9-10(15)3-2-4-12(9)17)6-14(20)18-13-8-23(21,22)7-11(13)16/h2-4,11,13H,5-8H2,1H3,(H,18,20)/p+1/t11-,13-/m0/s1. The Hall–Kier alpha value is -0.890. The molecule has 0 saturated carbocycles. The lowest BCUT2D eigenvalue weighted by atomic mass is 10.2. The Balaban J connectivity index is 1.90. The quantitative estimate of drug-likeness (QED) is 0.704. The molecule has 1 amide bonds. The minimum Gasteiger partial charge on any atom is -0.346 e. The molecule has 23 heavy (non-hydrogen) atoms. The Morgan fingerprint density at radius 1 is 1.43 bits per heavy atom. The van der Waals surface area contributed by atoms with E-state index < -0.39 is 27.1 Å². The number of sulfone groups is 1. The van der Waals surface area contributed by atoms with Crippen molar-refractivity contribution in [2.75, 3.05) is 25.1 Å². The molecule has 5 nitrogen and oxygen atoms in total. The van der Waals surface area contributed by atoms with Gasteiger partial charge in [0.15, 0.2) is 16.4 Å². The first-order valence-corrected chi connectivity index (χ1v) is 9.69. The van der Waals surface area contributed by atoms with Crippen LogP contribution >= 0.6 is 23.2 Å². The molecular weight excluding hydrogens is 366 g/mol. The fourth-order valence-corrected chi connectivity index (χ4v) is 5.31. The van der Waals surface area contributed by atoms with E-state index in [4.69, 9.17) is 23.2 Å². The summed E-state index contributed by atoms with van der Waals surface area (Å²) < 4.78 is 36.7. The third-order valence-corrected chi connectivity index (χ3v) is 6.36. The van der Waals surface area contributed by atoms with Crippen LogP contribution in [0.25, 0.3) is 0 Å². The summed E-state index contributed by atoms with van der Waals surface area (Å²) in [5.41, 5.74) is 0.345. The van der Waals surface area contributed by atoms with Crippen LogP contribution in [0, 0.1) is 5.82 Å². The van der Waals surface area contributed by atoms with Crippen molar-refractivity contribution in [1.29, 1.82) is 0 Å². The minimum absolute atomic E-state index is 0.0603. The van der Waals surface area contributed by atoms with Crippen molar-refractivity contribution < 1.29 is 22.5 Å². The molecule has 128 valence electrons. The second-order valence-electron chi connectivity index (χ2n) is 5.78. The van der Waals surface area contributed by atoms with E-state index in [1.807, 2.05) is 0 Å². The fourth-order valence-electron chi connectivity index (χ4n) is 2.53. The number of alkyl halides is 1. The molecule has 1 aliphatic heterocycles. The summed E-state index contributed by atoms with van der Waals surface area (Å²) >= 11 is 11.9. The third-order valence-electron chi connectivity index (χ3n) is 3.63. The van der Waals surface area contributed by atoms with Crippen molar-refractivity contribution in [2.45, 2.75) is 18.0 Å². The van der Waals surface area contributed by atoms with E-state index in [2.05, 4.69) is 5.32 Å². The molecule has 9 heteroatoms. The molecule has 0 radical (unpaired) electrons. The summed E-state index contributed by atoms with van der Waals surface area (Å²) in [4.78, 5) is 12.7. The highest BCUT2D eigenvalue weighted by atomic mass is 35.5. The highest BCUT2D eigenvalue weighted by molar-refractivity contribution is 7.91. The van der Waals surface area contributed by atoms with Crippen LogP contribution in [0.3, 0.4) is 0 Å². The van der Waals surface area contributed by atoms with Crippen LogP contribution in [-0.2, 0) is 21.2 Å². The Labute approximate surface area is 144 Å². The largest absolute Gasteiger partial charge is 0.346 e. The zero-order valence-corrected chi connectivity index (χ0v) is 14.8. The van der Waals surface area contributed by atoms with E-state index in [-0.39, 0.29) is 30.5 Å². The number of rotatable bonds is 5. The monoisotopic (exact) mass is 383 g/mol. The summed E-state index contributed by atoms with van der Waals surface area (Å²) in [6, 6.07) is 3.84. The van der Waals surface area contributed by atoms with E-state index in [9.17, 15) is 17.6 Å². The van der Waals surface area contributed by atoms with E-state index in [0.29, 0.717) is 10.6 Å². The maximum absolute atomic E-state index is 13.7. The van der Waals surface area contributed by atoms with Gasteiger partial charge in [-0.15, -0.1) is 11.6 Å². The van der Waals surface area contributed by atoms with Crippen molar-refractivity contribution >= 4 is 38.9 Å². The number of amides is 1. The van der Waals surface area contributed by atoms with Crippen molar-refractivity contribution in [3.63, 3.8) is 0 Å². The Bertz CT molecular complexity index is 679. The number of likely N-dealkylation sites (N-methyl/N-ethyl adjacent to an activating group) is 1. The van der Waals surface area contributed by atoms with E-state index in [0.717, 1.165) is 4.90 Å². The summed E-state index contributed by atoms with van der Waals surface area (Å²) in [6.07, 6.45) is 0. The summed E-state index contributed by atoms with van der Waals surface area (Å²) in [6.45, 7) is 0.303. The number of hydrogen-bond donors (Lipinski definition) is 2. The minimum atomic E-state index is -3.20. The van der Waals surface area contributed by atoms with Crippen LogP contribution in [0.2, 0.25) is 5.02 Å². The first kappa shape index (κ1) is 18.4. The van der Waals surface area contributed by atoms with E-state index in [1.54, 1.807) is 13.1 Å². The number of benzene rings is 1. The molecule has 1 unspecified atom stereocenters. The lowest BCUT2D eigenvalue weighted by Gasteiger charge is -2.18. The Morgan fingerprint density at radius 2 is 2.13 bits per heavy atom. The van der Waals surface area contributed by atoms with Gasteiger partial charge in [0.05, 0.1) is 40.6 Å². The highest BCUT2D eigenvalue weighted by Gasteiger charge is 2.37. The molecule has 2 rings (SSSR count). The molecule has 1 aliphatic rings. The average Bonchev–Trinajstić information content (AvgIpc) is 2.66. The van der Waals surface area contributed by atoms with E-state index >= 15 is 0 Å². The molecule has 2 N–H and O–H groups in total. The normalized spacial score (nSPS) is 24.3. The topological polar surface area (TPSA) is 67.7 Å². The molecule has 0 bridgehead atoms. The maximum atomic E-state index is 13.7. The van der Waals surface area contributed by atoms with Crippen molar-refractivity contribution in [1.82, 2.24) is 5.32 Å². The van der Waals surface area contributed by atoms with Crippen LogP contribution in [0.1, 0.15) is 5.56 Å².